The van der Waals surface area contributed by atoms with Crippen LogP contribution in [-0.4, -0.2) is 0 Å². The van der Waals surface area contributed by atoms with Gasteiger partial charge in [0.15, 0.2) is 0 Å². The monoisotopic (exact) mass is 719 g/mol. The van der Waals surface area contributed by atoms with E-state index in [9.17, 15) is 0 Å². The van der Waals surface area contributed by atoms with Crippen LogP contribution in [0.25, 0.3) is 66.4 Å². The lowest BCUT2D eigenvalue weighted by Crippen LogP contribution is -2.17. The molecule has 0 saturated carbocycles. The molecule has 0 N–H and O–H groups in total. The first-order valence-electron chi connectivity index (χ1n) is 19.7. The minimum Gasteiger partial charge on any atom is -0.456 e. The van der Waals surface area contributed by atoms with Crippen molar-refractivity contribution in [1.82, 2.24) is 0 Å². The van der Waals surface area contributed by atoms with E-state index in [0.29, 0.717) is 0 Å². The maximum absolute atomic E-state index is 6.40. The molecule has 8 aromatic carbocycles. The van der Waals surface area contributed by atoms with E-state index in [1.807, 2.05) is 6.07 Å². The van der Waals surface area contributed by atoms with Gasteiger partial charge in [0.1, 0.15) is 11.2 Å². The maximum atomic E-state index is 6.40. The van der Waals surface area contributed by atoms with Gasteiger partial charge in [-0.25, -0.2) is 0 Å². The quantitative estimate of drug-likeness (QED) is 0.176. The summed E-state index contributed by atoms with van der Waals surface area (Å²) in [4.78, 5) is 2.45. The van der Waals surface area contributed by atoms with E-state index >= 15 is 0 Å². The molecule has 2 aliphatic rings. The highest BCUT2D eigenvalue weighted by Crippen LogP contribution is 2.54. The number of benzene rings is 8. The zero-order valence-corrected chi connectivity index (χ0v) is 32.1. The van der Waals surface area contributed by atoms with E-state index in [-0.39, 0.29) is 10.8 Å². The number of rotatable bonds is 5. The van der Waals surface area contributed by atoms with Gasteiger partial charge < -0.3 is 9.32 Å². The first kappa shape index (κ1) is 32.8. The molecule has 0 radical (unpaired) electrons. The number of hydrogen-bond donors (Lipinski definition) is 0. The second-order valence-corrected chi connectivity index (χ2v) is 16.5. The zero-order chi connectivity index (χ0) is 37.8. The van der Waals surface area contributed by atoms with Gasteiger partial charge in [0.25, 0.3) is 0 Å². The van der Waals surface area contributed by atoms with Crippen molar-refractivity contribution in [2.75, 3.05) is 4.90 Å². The zero-order valence-electron chi connectivity index (χ0n) is 32.1. The highest BCUT2D eigenvalue weighted by atomic mass is 16.3. The van der Waals surface area contributed by atoms with Gasteiger partial charge in [0, 0.05) is 38.5 Å². The van der Waals surface area contributed by atoms with Gasteiger partial charge in [-0.3, -0.25) is 0 Å². The summed E-state index contributed by atoms with van der Waals surface area (Å²) in [5.74, 6) is 0. The largest absolute Gasteiger partial charge is 0.456 e. The average Bonchev–Trinajstić information content (AvgIpc) is 3.81. The minimum absolute atomic E-state index is 0.0980. The van der Waals surface area contributed by atoms with E-state index in [1.54, 1.807) is 0 Å². The fourth-order valence-corrected chi connectivity index (χ4v) is 10.0. The molecule has 0 fully saturated rings. The van der Waals surface area contributed by atoms with Gasteiger partial charge in [-0.05, 0) is 104 Å². The maximum Gasteiger partial charge on any atom is 0.136 e. The number of para-hydroxylation sites is 2. The third kappa shape index (κ3) is 4.62. The Morgan fingerprint density at radius 1 is 0.393 bits per heavy atom. The van der Waals surface area contributed by atoms with Crippen molar-refractivity contribution in [2.45, 2.75) is 38.5 Å². The lowest BCUT2D eigenvalue weighted by Gasteiger charge is -2.30. The van der Waals surface area contributed by atoms with Crippen LogP contribution in [0.3, 0.4) is 0 Å². The number of furan rings is 1. The minimum atomic E-state index is -0.129. The Balaban J connectivity index is 1.11. The Labute approximate surface area is 328 Å². The average molecular weight is 720 g/mol. The number of fused-ring (bicyclic) bond motifs is 9. The summed E-state index contributed by atoms with van der Waals surface area (Å²) in [6.45, 7) is 9.45. The fraction of sp³-hybridized carbons (Fsp3) is 0.111. The molecule has 0 atom stereocenters. The van der Waals surface area contributed by atoms with Crippen molar-refractivity contribution < 1.29 is 4.42 Å². The second-order valence-electron chi connectivity index (χ2n) is 16.5. The van der Waals surface area contributed by atoms with Crippen LogP contribution in [0.5, 0.6) is 0 Å². The van der Waals surface area contributed by atoms with Gasteiger partial charge in [-0.1, -0.05) is 161 Å². The molecule has 2 heteroatoms. The number of nitrogens with zero attached hydrogens (tertiary/aromatic N) is 1. The van der Waals surface area contributed by atoms with Crippen molar-refractivity contribution in [1.29, 1.82) is 0 Å². The van der Waals surface area contributed by atoms with Crippen molar-refractivity contribution >= 4 is 39.0 Å². The summed E-state index contributed by atoms with van der Waals surface area (Å²) >= 11 is 0. The molecule has 0 saturated heterocycles. The molecular formula is C54H41NO. The van der Waals surface area contributed by atoms with Crippen LogP contribution in [0.1, 0.15) is 49.9 Å². The first-order chi connectivity index (χ1) is 27.3. The lowest BCUT2D eigenvalue weighted by atomic mass is 9.79. The van der Waals surface area contributed by atoms with Gasteiger partial charge in [-0.2, -0.15) is 0 Å². The Morgan fingerprint density at radius 2 is 0.946 bits per heavy atom. The molecule has 0 amide bonds. The van der Waals surface area contributed by atoms with Crippen molar-refractivity contribution in [3.8, 4) is 44.5 Å². The molecule has 1 aromatic heterocycles. The molecule has 9 aromatic rings. The van der Waals surface area contributed by atoms with Crippen molar-refractivity contribution in [2.24, 2.45) is 0 Å². The summed E-state index contributed by atoms with van der Waals surface area (Å²) in [5, 5.41) is 2.26. The normalized spacial score (nSPS) is 14.4. The van der Waals surface area contributed by atoms with Gasteiger partial charge in [-0.15, -0.1) is 0 Å². The SMILES string of the molecule is CC1(C)c2ccccc2-c2ccc(N(c3ccc(-c4cccc5c4C(C)(C)c4ccccc4-5)cc3)c3ccccc3-c3cccc4oc5ccccc5c34)cc21. The van der Waals surface area contributed by atoms with Crippen LogP contribution in [-0.2, 0) is 10.8 Å². The molecule has 2 aliphatic carbocycles. The van der Waals surface area contributed by atoms with Crippen LogP contribution in [0.2, 0.25) is 0 Å². The molecular weight excluding hydrogens is 679 g/mol. The van der Waals surface area contributed by atoms with Crippen LogP contribution in [0.4, 0.5) is 17.1 Å². The van der Waals surface area contributed by atoms with Gasteiger partial charge >= 0.3 is 0 Å². The number of anilines is 3. The lowest BCUT2D eigenvalue weighted by molar-refractivity contribution is 0.660. The van der Waals surface area contributed by atoms with E-state index in [1.165, 1.54) is 55.6 Å². The van der Waals surface area contributed by atoms with Crippen molar-refractivity contribution in [3.05, 3.63) is 198 Å². The third-order valence-corrected chi connectivity index (χ3v) is 12.7. The summed E-state index contributed by atoms with van der Waals surface area (Å²) < 4.78 is 6.40. The molecule has 0 aliphatic heterocycles. The highest BCUT2D eigenvalue weighted by Gasteiger charge is 2.38. The Hall–Kier alpha value is -6.64. The van der Waals surface area contributed by atoms with Crippen molar-refractivity contribution in [3.63, 3.8) is 0 Å². The first-order valence-corrected chi connectivity index (χ1v) is 19.7. The van der Waals surface area contributed by atoms with Gasteiger partial charge in [0.2, 0.25) is 0 Å². The Bertz CT molecular complexity index is 3030. The molecule has 0 unspecified atom stereocenters. The topological polar surface area (TPSA) is 16.4 Å². The molecule has 268 valence electrons. The molecule has 0 bridgehead atoms. The summed E-state index contributed by atoms with van der Waals surface area (Å²) in [6, 6.07) is 64.5. The van der Waals surface area contributed by atoms with Gasteiger partial charge in [0.05, 0.1) is 5.69 Å². The molecule has 56 heavy (non-hydrogen) atoms. The molecule has 1 heterocycles. The predicted molar refractivity (Wildman–Crippen MR) is 234 cm³/mol. The molecule has 2 nitrogen and oxygen atoms in total. The van der Waals surface area contributed by atoms with Crippen LogP contribution < -0.4 is 4.90 Å². The van der Waals surface area contributed by atoms with Crippen LogP contribution >= 0.6 is 0 Å². The third-order valence-electron chi connectivity index (χ3n) is 12.7. The standard InChI is InChI=1S/C54H41NO/c1-53(2)45-22-9-5-15-38(45)40-32-31-36(33-47(40)53)55(48-24-11-7-17-41(48)42-20-14-26-50-51(42)44-18-8-12-25-49(44)56-50)35-29-27-34(28-30-35)37-19-13-21-43-39-16-6-10-23-46(39)54(3,4)52(37)43/h5-33H,1-4H3. The smallest absolute Gasteiger partial charge is 0.136 e. The molecule has 0 spiro atoms. The second kappa shape index (κ2) is 11.9. The van der Waals surface area contributed by atoms with E-state index in [0.717, 1.165) is 50.1 Å². The van der Waals surface area contributed by atoms with E-state index in [4.69, 9.17) is 4.42 Å². The summed E-state index contributed by atoms with van der Waals surface area (Å²) in [5.41, 5.74) is 20.6. The fourth-order valence-electron chi connectivity index (χ4n) is 10.0. The van der Waals surface area contributed by atoms with E-state index < -0.39 is 0 Å². The molecule has 11 rings (SSSR count). The Morgan fingerprint density at radius 3 is 1.75 bits per heavy atom. The summed E-state index contributed by atoms with van der Waals surface area (Å²) in [7, 11) is 0. The predicted octanol–water partition coefficient (Wildman–Crippen LogP) is 15.0. The van der Waals surface area contributed by atoms with Crippen LogP contribution in [0, 0.1) is 0 Å². The highest BCUT2D eigenvalue weighted by molar-refractivity contribution is 6.14. The summed E-state index contributed by atoms with van der Waals surface area (Å²) in [6.07, 6.45) is 0. The Kier molecular flexibility index (Phi) is 6.98. The number of hydrogen-bond acceptors (Lipinski definition) is 2. The van der Waals surface area contributed by atoms with Crippen LogP contribution in [0.15, 0.2) is 180 Å². The van der Waals surface area contributed by atoms with E-state index in [2.05, 4.69) is 202 Å².